The first-order valence-corrected chi connectivity index (χ1v) is 6.59. The van der Waals surface area contributed by atoms with Crippen molar-refractivity contribution >= 4 is 0 Å². The maximum absolute atomic E-state index is 6.23. The van der Waals surface area contributed by atoms with Crippen molar-refractivity contribution in [3.05, 3.63) is 35.9 Å². The van der Waals surface area contributed by atoms with E-state index in [1.54, 1.807) is 0 Å². The van der Waals surface area contributed by atoms with Gasteiger partial charge in [0.05, 0.1) is 6.04 Å². The molecule has 0 bridgehead atoms. The molecule has 0 spiro atoms. The average Bonchev–Trinajstić information content (AvgIpc) is 2.60. The van der Waals surface area contributed by atoms with E-state index < -0.39 is 0 Å². The van der Waals surface area contributed by atoms with E-state index in [1.807, 2.05) is 0 Å². The van der Waals surface area contributed by atoms with Crippen LogP contribution in [0.1, 0.15) is 45.2 Å². The molecule has 1 aliphatic heterocycles. The van der Waals surface area contributed by atoms with Crippen LogP contribution in [0.15, 0.2) is 30.3 Å². The monoisotopic (exact) mass is 232 g/mol. The van der Waals surface area contributed by atoms with E-state index in [9.17, 15) is 0 Å². The second-order valence-electron chi connectivity index (χ2n) is 5.82. The molecule has 2 atom stereocenters. The molecule has 1 heterocycles. The molecule has 1 saturated heterocycles. The summed E-state index contributed by atoms with van der Waals surface area (Å²) in [5, 5.41) is 0. The van der Waals surface area contributed by atoms with Gasteiger partial charge in [0.2, 0.25) is 0 Å². The molecule has 0 amide bonds. The van der Waals surface area contributed by atoms with Gasteiger partial charge in [0.25, 0.3) is 0 Å². The summed E-state index contributed by atoms with van der Waals surface area (Å²) in [5.41, 5.74) is 7.84. The second kappa shape index (κ2) is 4.79. The highest BCUT2D eigenvalue weighted by Gasteiger charge is 2.38. The van der Waals surface area contributed by atoms with Gasteiger partial charge in [-0.15, -0.1) is 0 Å². The molecule has 1 aromatic carbocycles. The van der Waals surface area contributed by atoms with Crippen molar-refractivity contribution in [2.24, 2.45) is 5.73 Å². The summed E-state index contributed by atoms with van der Waals surface area (Å²) in [6.45, 7) is 7.94. The molecule has 2 nitrogen and oxygen atoms in total. The van der Waals surface area contributed by atoms with Crippen molar-refractivity contribution < 1.29 is 0 Å². The summed E-state index contributed by atoms with van der Waals surface area (Å²) in [7, 11) is 0. The smallest absolute Gasteiger partial charge is 0.0501 e. The lowest BCUT2D eigenvalue weighted by Gasteiger charge is -2.40. The van der Waals surface area contributed by atoms with E-state index in [0.717, 1.165) is 6.54 Å². The highest BCUT2D eigenvalue weighted by Crippen LogP contribution is 2.37. The third-order valence-electron chi connectivity index (χ3n) is 3.94. The lowest BCUT2D eigenvalue weighted by molar-refractivity contribution is 0.101. The van der Waals surface area contributed by atoms with Crippen molar-refractivity contribution in [1.29, 1.82) is 0 Å². The molecular formula is C15H24N2. The molecule has 94 valence electrons. The molecule has 1 aromatic rings. The maximum Gasteiger partial charge on any atom is 0.0501 e. The Morgan fingerprint density at radius 1 is 1.24 bits per heavy atom. The van der Waals surface area contributed by atoms with Crippen LogP contribution in [-0.2, 0) is 0 Å². The van der Waals surface area contributed by atoms with Crippen LogP contribution in [0.2, 0.25) is 0 Å². The molecule has 17 heavy (non-hydrogen) atoms. The van der Waals surface area contributed by atoms with Crippen LogP contribution in [0.3, 0.4) is 0 Å². The molecule has 0 radical (unpaired) electrons. The minimum atomic E-state index is 0.162. The minimum absolute atomic E-state index is 0.162. The standard InChI is InChI=1S/C15H24N2/c1-12(16)14(13-8-5-4-6-9-13)17-11-7-10-15(17,2)3/h4-6,8-9,12,14H,7,10-11,16H2,1-3H3. The number of benzene rings is 1. The Labute approximate surface area is 105 Å². The Bertz CT molecular complexity index is 356. The van der Waals surface area contributed by atoms with E-state index >= 15 is 0 Å². The van der Waals surface area contributed by atoms with Crippen LogP contribution < -0.4 is 5.73 Å². The van der Waals surface area contributed by atoms with E-state index in [2.05, 4.69) is 56.0 Å². The zero-order valence-electron chi connectivity index (χ0n) is 11.2. The average molecular weight is 232 g/mol. The van der Waals surface area contributed by atoms with Gasteiger partial charge in [0, 0.05) is 11.6 Å². The summed E-state index contributed by atoms with van der Waals surface area (Å²) >= 11 is 0. The molecule has 2 rings (SSSR count). The van der Waals surface area contributed by atoms with Crippen LogP contribution in [0, 0.1) is 0 Å². The lowest BCUT2D eigenvalue weighted by atomic mass is 9.94. The third-order valence-corrected chi connectivity index (χ3v) is 3.94. The quantitative estimate of drug-likeness (QED) is 0.868. The summed E-state index contributed by atoms with van der Waals surface area (Å²) in [5.74, 6) is 0. The van der Waals surface area contributed by atoms with Gasteiger partial charge in [-0.2, -0.15) is 0 Å². The van der Waals surface area contributed by atoms with Crippen molar-refractivity contribution in [3.63, 3.8) is 0 Å². The van der Waals surface area contributed by atoms with Crippen LogP contribution in [0.5, 0.6) is 0 Å². The van der Waals surface area contributed by atoms with Gasteiger partial charge in [-0.05, 0) is 45.7 Å². The van der Waals surface area contributed by atoms with Gasteiger partial charge in [0.15, 0.2) is 0 Å². The van der Waals surface area contributed by atoms with Crippen molar-refractivity contribution in [3.8, 4) is 0 Å². The van der Waals surface area contributed by atoms with Crippen LogP contribution >= 0.6 is 0 Å². The Hall–Kier alpha value is -0.860. The topological polar surface area (TPSA) is 29.3 Å². The number of rotatable bonds is 3. The van der Waals surface area contributed by atoms with E-state index in [-0.39, 0.29) is 11.6 Å². The molecule has 0 aromatic heterocycles. The number of likely N-dealkylation sites (tertiary alicyclic amines) is 1. The lowest BCUT2D eigenvalue weighted by Crippen LogP contribution is -2.46. The van der Waals surface area contributed by atoms with Crippen LogP contribution in [0.4, 0.5) is 0 Å². The van der Waals surface area contributed by atoms with Gasteiger partial charge < -0.3 is 5.73 Å². The fraction of sp³-hybridized carbons (Fsp3) is 0.600. The number of nitrogens with two attached hydrogens (primary N) is 1. The SMILES string of the molecule is CC(N)C(c1ccccc1)N1CCCC1(C)C. The fourth-order valence-corrected chi connectivity index (χ4v) is 3.06. The number of nitrogens with zero attached hydrogens (tertiary/aromatic N) is 1. The van der Waals surface area contributed by atoms with Crippen LogP contribution in [-0.4, -0.2) is 23.0 Å². The highest BCUT2D eigenvalue weighted by molar-refractivity contribution is 5.21. The van der Waals surface area contributed by atoms with Crippen molar-refractivity contribution in [1.82, 2.24) is 4.90 Å². The second-order valence-corrected chi connectivity index (χ2v) is 5.82. The molecule has 0 aliphatic carbocycles. The molecule has 0 saturated carbocycles. The van der Waals surface area contributed by atoms with Crippen molar-refractivity contribution in [2.75, 3.05) is 6.54 Å². The molecular weight excluding hydrogens is 208 g/mol. The van der Waals surface area contributed by atoms with E-state index in [0.29, 0.717) is 6.04 Å². The molecule has 1 fully saturated rings. The maximum atomic E-state index is 6.23. The first-order chi connectivity index (χ1) is 8.02. The van der Waals surface area contributed by atoms with Crippen molar-refractivity contribution in [2.45, 2.75) is 51.2 Å². The molecule has 2 unspecified atom stereocenters. The summed E-state index contributed by atoms with van der Waals surface area (Å²) in [6, 6.07) is 11.2. The fourth-order valence-electron chi connectivity index (χ4n) is 3.06. The minimum Gasteiger partial charge on any atom is -0.326 e. The predicted molar refractivity (Wildman–Crippen MR) is 72.9 cm³/mol. The summed E-state index contributed by atoms with van der Waals surface area (Å²) in [4.78, 5) is 2.58. The summed E-state index contributed by atoms with van der Waals surface area (Å²) < 4.78 is 0. The zero-order chi connectivity index (χ0) is 12.5. The van der Waals surface area contributed by atoms with Gasteiger partial charge >= 0.3 is 0 Å². The van der Waals surface area contributed by atoms with E-state index in [1.165, 1.54) is 18.4 Å². The zero-order valence-corrected chi connectivity index (χ0v) is 11.2. The van der Waals surface area contributed by atoms with Gasteiger partial charge in [-0.1, -0.05) is 30.3 Å². The molecule has 1 aliphatic rings. The number of hydrogen-bond donors (Lipinski definition) is 1. The first kappa shape index (κ1) is 12.6. The van der Waals surface area contributed by atoms with Gasteiger partial charge in [-0.3, -0.25) is 4.90 Å². The number of hydrogen-bond acceptors (Lipinski definition) is 2. The molecule has 2 heteroatoms. The third kappa shape index (κ3) is 2.53. The molecule has 2 N–H and O–H groups in total. The Balaban J connectivity index is 2.30. The Morgan fingerprint density at radius 2 is 1.88 bits per heavy atom. The predicted octanol–water partition coefficient (Wildman–Crippen LogP) is 2.95. The normalized spacial score (nSPS) is 23.5. The summed E-state index contributed by atoms with van der Waals surface area (Å²) in [6.07, 6.45) is 2.55. The highest BCUT2D eigenvalue weighted by atomic mass is 15.2. The van der Waals surface area contributed by atoms with Crippen LogP contribution in [0.25, 0.3) is 0 Å². The van der Waals surface area contributed by atoms with Gasteiger partial charge in [-0.25, -0.2) is 0 Å². The Kier molecular flexibility index (Phi) is 3.55. The van der Waals surface area contributed by atoms with E-state index in [4.69, 9.17) is 5.73 Å². The first-order valence-electron chi connectivity index (χ1n) is 6.59. The van der Waals surface area contributed by atoms with Gasteiger partial charge in [0.1, 0.15) is 0 Å². The Morgan fingerprint density at radius 3 is 2.35 bits per heavy atom. The largest absolute Gasteiger partial charge is 0.326 e.